The summed E-state index contributed by atoms with van der Waals surface area (Å²) in [5, 5.41) is 15.4. The molecule has 140 valence electrons. The number of rotatable bonds is 7. The quantitative estimate of drug-likeness (QED) is 0.515. The Morgan fingerprint density at radius 3 is 2.78 bits per heavy atom. The molecule has 3 rings (SSSR count). The van der Waals surface area contributed by atoms with Gasteiger partial charge in [-0.2, -0.15) is 0 Å². The Kier molecular flexibility index (Phi) is 5.40. The van der Waals surface area contributed by atoms with Crippen molar-refractivity contribution in [1.29, 1.82) is 0 Å². The predicted octanol–water partition coefficient (Wildman–Crippen LogP) is 2.49. The highest BCUT2D eigenvalue weighted by molar-refractivity contribution is 5.91. The Bertz CT molecular complexity index is 939. The average molecular weight is 366 g/mol. The van der Waals surface area contributed by atoms with Crippen molar-refractivity contribution >= 4 is 22.9 Å². The van der Waals surface area contributed by atoms with Gasteiger partial charge in [-0.05, 0) is 36.6 Å². The largest absolute Gasteiger partial charge is 0.465 e. The van der Waals surface area contributed by atoms with Gasteiger partial charge in [0.25, 0.3) is 0 Å². The van der Waals surface area contributed by atoms with E-state index in [0.29, 0.717) is 13.0 Å². The lowest BCUT2D eigenvalue weighted by Gasteiger charge is -2.28. The third-order valence-corrected chi connectivity index (χ3v) is 4.52. The van der Waals surface area contributed by atoms with E-state index in [9.17, 15) is 14.7 Å². The molecule has 0 aliphatic rings. The molecule has 7 nitrogen and oxygen atoms in total. The molecule has 4 N–H and O–H groups in total. The zero-order chi connectivity index (χ0) is 19.3. The topological polar surface area (TPSA) is 107 Å². The average Bonchev–Trinajstić information content (AvgIpc) is 3.04. The van der Waals surface area contributed by atoms with Crippen molar-refractivity contribution in [1.82, 2.24) is 20.6 Å². The van der Waals surface area contributed by atoms with E-state index in [1.54, 1.807) is 19.3 Å². The second-order valence-corrected chi connectivity index (χ2v) is 6.67. The number of aromatic amines is 1. The monoisotopic (exact) mass is 366 g/mol. The van der Waals surface area contributed by atoms with Gasteiger partial charge in [0.15, 0.2) is 0 Å². The maximum atomic E-state index is 12.8. The molecule has 1 aromatic carbocycles. The molecule has 0 radical (unpaired) electrons. The normalized spacial score (nSPS) is 13.1. The summed E-state index contributed by atoms with van der Waals surface area (Å²) in [6, 6.07) is 11.5. The van der Waals surface area contributed by atoms with Gasteiger partial charge in [-0.1, -0.05) is 24.3 Å². The molecule has 0 spiro atoms. The molecular formula is C20H22N4O3. The maximum absolute atomic E-state index is 12.8. The van der Waals surface area contributed by atoms with Crippen LogP contribution in [0.3, 0.4) is 0 Å². The first-order valence-electron chi connectivity index (χ1n) is 8.71. The number of carbonyl (C=O) groups is 2. The number of hydrogen-bond acceptors (Lipinski definition) is 3. The number of aromatic nitrogens is 2. The van der Waals surface area contributed by atoms with Crippen molar-refractivity contribution in [2.75, 3.05) is 6.54 Å². The first-order valence-corrected chi connectivity index (χ1v) is 8.71. The van der Waals surface area contributed by atoms with Gasteiger partial charge in [-0.3, -0.25) is 9.78 Å². The first kappa shape index (κ1) is 18.4. The van der Waals surface area contributed by atoms with Crippen LogP contribution in [0.4, 0.5) is 4.79 Å². The number of para-hydroxylation sites is 1. The number of nitrogens with one attached hydrogen (secondary N) is 3. The van der Waals surface area contributed by atoms with Crippen LogP contribution in [-0.4, -0.2) is 39.2 Å². The SMILES string of the molecule is CC(Cc1c[nH]c2ccccc12)(NC(=O)O)C(=O)NCCc1cccnc1. The van der Waals surface area contributed by atoms with Gasteiger partial charge in [0, 0.05) is 42.5 Å². The third kappa shape index (κ3) is 4.44. The van der Waals surface area contributed by atoms with E-state index in [-0.39, 0.29) is 12.3 Å². The molecule has 2 amide bonds. The minimum absolute atomic E-state index is 0.238. The Morgan fingerprint density at radius 2 is 2.04 bits per heavy atom. The summed E-state index contributed by atoms with van der Waals surface area (Å²) in [5.41, 5.74) is 1.54. The number of carboxylic acid groups (broad SMARTS) is 1. The smallest absolute Gasteiger partial charge is 0.405 e. The summed E-state index contributed by atoms with van der Waals surface area (Å²) >= 11 is 0. The van der Waals surface area contributed by atoms with Crippen LogP contribution in [0, 0.1) is 0 Å². The van der Waals surface area contributed by atoms with E-state index < -0.39 is 11.6 Å². The van der Waals surface area contributed by atoms with Gasteiger partial charge in [0.05, 0.1) is 0 Å². The van der Waals surface area contributed by atoms with Gasteiger partial charge in [-0.25, -0.2) is 4.79 Å². The molecule has 0 saturated carbocycles. The number of fused-ring (bicyclic) bond motifs is 1. The summed E-state index contributed by atoms with van der Waals surface area (Å²) in [6.07, 6.45) is 4.87. The number of H-pyrrole nitrogens is 1. The fourth-order valence-electron chi connectivity index (χ4n) is 3.14. The predicted molar refractivity (Wildman–Crippen MR) is 103 cm³/mol. The van der Waals surface area contributed by atoms with Crippen molar-refractivity contribution in [3.63, 3.8) is 0 Å². The van der Waals surface area contributed by atoms with Crippen molar-refractivity contribution in [2.24, 2.45) is 0 Å². The minimum atomic E-state index is -1.29. The molecule has 7 heteroatoms. The van der Waals surface area contributed by atoms with E-state index in [1.807, 2.05) is 42.6 Å². The summed E-state index contributed by atoms with van der Waals surface area (Å²) in [4.78, 5) is 31.3. The number of nitrogens with zero attached hydrogens (tertiary/aromatic N) is 1. The lowest BCUT2D eigenvalue weighted by molar-refractivity contribution is -0.126. The molecule has 0 saturated heterocycles. The zero-order valence-corrected chi connectivity index (χ0v) is 15.0. The second-order valence-electron chi connectivity index (χ2n) is 6.67. The second kappa shape index (κ2) is 7.90. The molecule has 0 bridgehead atoms. The van der Waals surface area contributed by atoms with Crippen LogP contribution in [0.25, 0.3) is 10.9 Å². The molecule has 2 aromatic heterocycles. The molecule has 1 atom stereocenters. The summed E-state index contributed by atoms with van der Waals surface area (Å²) in [6.45, 7) is 2.00. The van der Waals surface area contributed by atoms with Crippen LogP contribution in [0.5, 0.6) is 0 Å². The lowest BCUT2D eigenvalue weighted by Crippen LogP contribution is -2.58. The summed E-state index contributed by atoms with van der Waals surface area (Å²) < 4.78 is 0. The van der Waals surface area contributed by atoms with Crippen LogP contribution in [-0.2, 0) is 17.6 Å². The van der Waals surface area contributed by atoms with Crippen molar-refractivity contribution in [2.45, 2.75) is 25.3 Å². The van der Waals surface area contributed by atoms with Gasteiger partial charge in [-0.15, -0.1) is 0 Å². The maximum Gasteiger partial charge on any atom is 0.405 e. The van der Waals surface area contributed by atoms with Crippen LogP contribution in [0.1, 0.15) is 18.1 Å². The standard InChI is InChI=1S/C20H22N4O3/c1-20(24-19(26)27,11-15-13-23-17-7-3-2-6-16(15)17)18(25)22-10-8-14-5-4-9-21-12-14/h2-7,9,12-13,23-24H,8,10-11H2,1H3,(H,22,25)(H,26,27). The minimum Gasteiger partial charge on any atom is -0.465 e. The van der Waals surface area contributed by atoms with Crippen LogP contribution in [0.15, 0.2) is 55.0 Å². The van der Waals surface area contributed by atoms with Crippen LogP contribution < -0.4 is 10.6 Å². The number of hydrogen-bond donors (Lipinski definition) is 4. The van der Waals surface area contributed by atoms with E-state index in [2.05, 4.69) is 20.6 Å². The number of carbonyl (C=O) groups excluding carboxylic acids is 1. The Labute approximate surface area is 156 Å². The van der Waals surface area contributed by atoms with Crippen LogP contribution >= 0.6 is 0 Å². The number of pyridine rings is 1. The lowest BCUT2D eigenvalue weighted by atomic mass is 9.91. The molecule has 0 aliphatic heterocycles. The van der Waals surface area contributed by atoms with Crippen molar-refractivity contribution in [3.05, 3.63) is 66.1 Å². The Balaban J connectivity index is 1.73. The first-order chi connectivity index (χ1) is 13.0. The van der Waals surface area contributed by atoms with Gasteiger partial charge in [0.1, 0.15) is 5.54 Å². The van der Waals surface area contributed by atoms with E-state index >= 15 is 0 Å². The molecule has 1 unspecified atom stereocenters. The van der Waals surface area contributed by atoms with Crippen molar-refractivity contribution in [3.8, 4) is 0 Å². The number of benzene rings is 1. The molecule has 0 aliphatic carbocycles. The molecule has 2 heterocycles. The van der Waals surface area contributed by atoms with Gasteiger partial charge >= 0.3 is 6.09 Å². The fourth-order valence-corrected chi connectivity index (χ4v) is 3.14. The molecule has 27 heavy (non-hydrogen) atoms. The number of amides is 2. The fraction of sp³-hybridized carbons (Fsp3) is 0.250. The third-order valence-electron chi connectivity index (χ3n) is 4.52. The Morgan fingerprint density at radius 1 is 1.22 bits per heavy atom. The summed E-state index contributed by atoms with van der Waals surface area (Å²) in [5.74, 6) is -0.362. The van der Waals surface area contributed by atoms with E-state index in [1.165, 1.54) is 0 Å². The molecular weight excluding hydrogens is 344 g/mol. The van der Waals surface area contributed by atoms with E-state index in [4.69, 9.17) is 0 Å². The van der Waals surface area contributed by atoms with Gasteiger partial charge < -0.3 is 20.7 Å². The van der Waals surface area contributed by atoms with E-state index in [0.717, 1.165) is 22.0 Å². The molecule has 3 aromatic rings. The molecule has 0 fully saturated rings. The zero-order valence-electron chi connectivity index (χ0n) is 15.0. The summed E-state index contributed by atoms with van der Waals surface area (Å²) in [7, 11) is 0. The highest BCUT2D eigenvalue weighted by atomic mass is 16.4. The van der Waals surface area contributed by atoms with Crippen molar-refractivity contribution < 1.29 is 14.7 Å². The highest BCUT2D eigenvalue weighted by Gasteiger charge is 2.35. The van der Waals surface area contributed by atoms with Crippen LogP contribution in [0.2, 0.25) is 0 Å². The highest BCUT2D eigenvalue weighted by Crippen LogP contribution is 2.23. The van der Waals surface area contributed by atoms with Gasteiger partial charge in [0.2, 0.25) is 5.91 Å². The Hall–Kier alpha value is -3.35.